The minimum absolute atomic E-state index is 0.624. The summed E-state index contributed by atoms with van der Waals surface area (Å²) in [7, 11) is 0. The highest BCUT2D eigenvalue weighted by Crippen LogP contribution is 2.51. The largest absolute Gasteiger partial charge is 0.454 e. The number of furan rings is 2. The molecule has 0 saturated heterocycles. The maximum absolute atomic E-state index is 6.95. The first-order chi connectivity index (χ1) is 37.9. The fourth-order valence-corrected chi connectivity index (χ4v) is 14.2. The van der Waals surface area contributed by atoms with E-state index in [-0.39, 0.29) is 0 Å². The highest BCUT2D eigenvalue weighted by atomic mass is 16.3. The van der Waals surface area contributed by atoms with Crippen molar-refractivity contribution in [2.45, 2.75) is 129 Å². The van der Waals surface area contributed by atoms with Crippen molar-refractivity contribution in [1.29, 1.82) is 0 Å². The molecule has 0 aliphatic heterocycles. The highest BCUT2D eigenvalue weighted by Gasteiger charge is 2.27. The van der Waals surface area contributed by atoms with E-state index in [4.69, 9.17) is 8.83 Å². The van der Waals surface area contributed by atoms with E-state index < -0.39 is 0 Å². The Morgan fingerprint density at radius 2 is 0.688 bits per heavy atom. The normalized spacial score (nSPS) is 16.1. The van der Waals surface area contributed by atoms with Gasteiger partial charge in [-0.2, -0.15) is 0 Å². The van der Waals surface area contributed by atoms with Gasteiger partial charge < -0.3 is 18.6 Å². The van der Waals surface area contributed by atoms with Gasteiger partial charge in [-0.3, -0.25) is 0 Å². The molecule has 3 saturated carbocycles. The van der Waals surface area contributed by atoms with Crippen molar-refractivity contribution in [3.05, 3.63) is 192 Å². The van der Waals surface area contributed by atoms with Gasteiger partial charge in [0.25, 0.3) is 0 Å². The van der Waals surface area contributed by atoms with Crippen LogP contribution in [0.25, 0.3) is 76.2 Å². The van der Waals surface area contributed by atoms with Crippen LogP contribution in [0, 0.1) is 19.8 Å². The van der Waals surface area contributed by atoms with E-state index in [1.807, 2.05) is 0 Å². The van der Waals surface area contributed by atoms with E-state index in [0.717, 1.165) is 95.0 Å². The number of hydrogen-bond donors (Lipinski definition) is 0. The highest BCUT2D eigenvalue weighted by molar-refractivity contribution is 6.29. The molecule has 10 aromatic carbocycles. The summed E-state index contributed by atoms with van der Waals surface area (Å²) in [6, 6.07) is 63.9. The fourth-order valence-electron chi connectivity index (χ4n) is 14.2. The molecule has 3 fully saturated rings. The Bertz CT molecular complexity index is 3830. The van der Waals surface area contributed by atoms with Crippen LogP contribution in [0.1, 0.15) is 137 Å². The molecule has 12 aromatic rings. The molecule has 0 N–H and O–H groups in total. The van der Waals surface area contributed by atoms with Crippen molar-refractivity contribution in [2.75, 3.05) is 9.80 Å². The molecule has 0 unspecified atom stereocenters. The van der Waals surface area contributed by atoms with Crippen molar-refractivity contribution in [3.63, 3.8) is 0 Å². The number of benzene rings is 10. The Labute approximate surface area is 453 Å². The number of anilines is 6. The van der Waals surface area contributed by atoms with E-state index in [1.54, 1.807) is 0 Å². The zero-order valence-electron chi connectivity index (χ0n) is 45.2. The maximum atomic E-state index is 6.95. The Kier molecular flexibility index (Phi) is 12.5. The van der Waals surface area contributed by atoms with Gasteiger partial charge in [-0.05, 0) is 150 Å². The Balaban J connectivity index is 0.000000717. The molecule has 0 spiro atoms. The summed E-state index contributed by atoms with van der Waals surface area (Å²) in [6.45, 7) is 6.65. The first-order valence-corrected chi connectivity index (χ1v) is 29.3. The first kappa shape index (κ1) is 47.9. The predicted molar refractivity (Wildman–Crippen MR) is 327 cm³/mol. The molecule has 0 bridgehead atoms. The van der Waals surface area contributed by atoms with Crippen LogP contribution in [-0.2, 0) is 0 Å². The third kappa shape index (κ3) is 8.51. The number of aryl methyl sites for hydroxylation is 2. The van der Waals surface area contributed by atoms with Crippen molar-refractivity contribution in [1.82, 2.24) is 0 Å². The molecule has 2 aromatic heterocycles. The zero-order valence-corrected chi connectivity index (χ0v) is 45.2. The molecule has 3 aliphatic carbocycles. The van der Waals surface area contributed by atoms with Crippen LogP contribution in [-0.4, -0.2) is 0 Å². The summed E-state index contributed by atoms with van der Waals surface area (Å²) in [5.41, 5.74) is 15.4. The van der Waals surface area contributed by atoms with Gasteiger partial charge in [0.15, 0.2) is 11.2 Å². The van der Waals surface area contributed by atoms with Crippen molar-refractivity contribution < 1.29 is 8.83 Å². The Hall–Kier alpha value is -7.56. The lowest BCUT2D eigenvalue weighted by atomic mass is 9.84. The molecular formula is C73H70N2O2. The molecule has 15 rings (SSSR count). The van der Waals surface area contributed by atoms with E-state index in [9.17, 15) is 0 Å². The lowest BCUT2D eigenvalue weighted by Gasteiger charge is -2.30. The SMILES string of the molecule is CC1CCCCC1.Cc1cccc2c1oc1c(N(c3ccc(C4CCCCC4)cc3)c3ccc4ccc5c(N(c6ccc(C7CCCCC7)cc6)c6cccc7c6oc6c(C)cccc67)ccc6ccc3c4c65)cccc12. The lowest BCUT2D eigenvalue weighted by molar-refractivity contribution is 0.385. The van der Waals surface area contributed by atoms with Crippen LogP contribution < -0.4 is 9.80 Å². The van der Waals surface area contributed by atoms with E-state index in [0.29, 0.717) is 11.8 Å². The van der Waals surface area contributed by atoms with Gasteiger partial charge in [-0.1, -0.05) is 199 Å². The van der Waals surface area contributed by atoms with Gasteiger partial charge in [-0.25, -0.2) is 0 Å². The fraction of sp³-hybridized carbons (Fsp3) is 0.288. The van der Waals surface area contributed by atoms with E-state index >= 15 is 0 Å². The molecule has 384 valence electrons. The van der Waals surface area contributed by atoms with Crippen molar-refractivity contribution in [2.24, 2.45) is 5.92 Å². The molecular weight excluding hydrogens is 937 g/mol. The molecule has 3 aliphatic rings. The molecule has 2 heterocycles. The zero-order chi connectivity index (χ0) is 51.6. The summed E-state index contributed by atoms with van der Waals surface area (Å²) < 4.78 is 13.9. The van der Waals surface area contributed by atoms with Gasteiger partial charge in [0.05, 0.1) is 22.7 Å². The number of hydrogen-bond acceptors (Lipinski definition) is 4. The van der Waals surface area contributed by atoms with Crippen LogP contribution in [0.4, 0.5) is 34.1 Å². The van der Waals surface area contributed by atoms with Gasteiger partial charge in [-0.15, -0.1) is 0 Å². The van der Waals surface area contributed by atoms with Crippen molar-refractivity contribution >= 4 is 110 Å². The minimum atomic E-state index is 0.624. The summed E-state index contributed by atoms with van der Waals surface area (Å²) >= 11 is 0. The van der Waals surface area contributed by atoms with Gasteiger partial charge in [0, 0.05) is 43.7 Å². The molecule has 4 heteroatoms. The van der Waals surface area contributed by atoms with Gasteiger partial charge in [0.1, 0.15) is 11.2 Å². The van der Waals surface area contributed by atoms with Gasteiger partial charge >= 0.3 is 0 Å². The summed E-state index contributed by atoms with van der Waals surface area (Å²) in [4.78, 5) is 4.92. The number of rotatable bonds is 8. The minimum Gasteiger partial charge on any atom is -0.454 e. The number of nitrogens with zero attached hydrogens (tertiary/aromatic N) is 2. The average molecular weight is 1010 g/mol. The summed E-state index contributed by atoms with van der Waals surface area (Å²) in [6.07, 6.45) is 20.5. The molecule has 77 heavy (non-hydrogen) atoms. The molecule has 0 amide bonds. The third-order valence-corrected chi connectivity index (χ3v) is 18.3. The topological polar surface area (TPSA) is 32.8 Å². The first-order valence-electron chi connectivity index (χ1n) is 29.3. The van der Waals surface area contributed by atoms with Crippen LogP contribution >= 0.6 is 0 Å². The molecule has 0 atom stereocenters. The third-order valence-electron chi connectivity index (χ3n) is 18.3. The molecule has 0 radical (unpaired) electrons. The van der Waals surface area contributed by atoms with Crippen molar-refractivity contribution in [3.8, 4) is 0 Å². The second kappa shape index (κ2) is 20.1. The Morgan fingerprint density at radius 3 is 1.08 bits per heavy atom. The predicted octanol–water partition coefficient (Wildman–Crippen LogP) is 22.6. The standard InChI is InChI=1S/C66H56N2O2.C7H14/c1-41-13-9-19-51-53-21-11-23-59(65(53)69-63(41)51)67(49-33-25-45(26-34-49)43-15-5-3-6-16-43)57-39-31-47-30-38-56-58(40-32-48-29-37-55(57)61(47)62(48)56)68(50-35-27-46(28-36-50)44-17-7-4-8-18-44)60-24-12-22-54-52-20-10-14-42(2)64(52)70-66(54)60;1-7-5-3-2-4-6-7/h9-14,19-40,43-44H,3-8,15-18H2,1-2H3;7H,2-6H2,1H3. The summed E-state index contributed by atoms with van der Waals surface area (Å²) in [5, 5.41) is 11.9. The van der Waals surface area contributed by atoms with Crippen LogP contribution in [0.3, 0.4) is 0 Å². The number of fused-ring (bicyclic) bond motifs is 6. The molecule has 4 nitrogen and oxygen atoms in total. The summed E-state index contributed by atoms with van der Waals surface area (Å²) in [5.74, 6) is 2.28. The monoisotopic (exact) mass is 1010 g/mol. The van der Waals surface area contributed by atoms with Crippen LogP contribution in [0.2, 0.25) is 0 Å². The van der Waals surface area contributed by atoms with Crippen LogP contribution in [0.15, 0.2) is 179 Å². The average Bonchev–Trinajstić information content (AvgIpc) is 4.11. The Morgan fingerprint density at radius 1 is 0.325 bits per heavy atom. The smallest absolute Gasteiger partial charge is 0.159 e. The maximum Gasteiger partial charge on any atom is 0.159 e. The quantitative estimate of drug-likeness (QED) is 0.142. The lowest BCUT2D eigenvalue weighted by Crippen LogP contribution is -2.12. The van der Waals surface area contributed by atoms with Gasteiger partial charge in [0.2, 0.25) is 0 Å². The second-order valence-corrected chi connectivity index (χ2v) is 23.3. The second-order valence-electron chi connectivity index (χ2n) is 23.3. The van der Waals surface area contributed by atoms with E-state index in [2.05, 4.69) is 200 Å². The van der Waals surface area contributed by atoms with Crippen LogP contribution in [0.5, 0.6) is 0 Å². The van der Waals surface area contributed by atoms with E-state index in [1.165, 1.54) is 140 Å². The number of para-hydroxylation sites is 4.